The zero-order chi connectivity index (χ0) is 14.4. The Hall–Kier alpha value is -2.69. The van der Waals surface area contributed by atoms with Gasteiger partial charge in [-0.05, 0) is 24.3 Å². The maximum absolute atomic E-state index is 13.8. The Balaban J connectivity index is 1.80. The smallest absolute Gasteiger partial charge is 0.263 e. The number of fused-ring (bicyclic) bond motifs is 3. The van der Waals surface area contributed by atoms with Crippen LogP contribution >= 0.6 is 0 Å². The average molecular weight is 281 g/mol. The quantitative estimate of drug-likeness (QED) is 0.688. The minimum atomic E-state index is -0.503. The molecule has 1 amide bonds. The molecule has 1 aliphatic heterocycles. The Bertz CT molecular complexity index is 856. The highest BCUT2D eigenvalue weighted by Gasteiger charge is 2.30. The van der Waals surface area contributed by atoms with Gasteiger partial charge in [0.05, 0.1) is 16.6 Å². The van der Waals surface area contributed by atoms with E-state index in [0.717, 1.165) is 11.0 Å². The van der Waals surface area contributed by atoms with E-state index >= 15 is 0 Å². The number of hydrogen-bond donors (Lipinski definition) is 0. The summed E-state index contributed by atoms with van der Waals surface area (Å²) >= 11 is 0. The molecule has 4 rings (SSSR count). The number of carbonyl (C=O) groups excluding carboxylic acids is 1. The summed E-state index contributed by atoms with van der Waals surface area (Å²) in [5.41, 5.74) is 1.92. The number of hydrogen-bond acceptors (Lipinski definition) is 2. The summed E-state index contributed by atoms with van der Waals surface area (Å²) in [6.07, 6.45) is 0. The van der Waals surface area contributed by atoms with Crippen molar-refractivity contribution in [2.75, 3.05) is 11.4 Å². The van der Waals surface area contributed by atoms with Crippen LogP contribution in [0.5, 0.6) is 0 Å². The Morgan fingerprint density at radius 3 is 2.67 bits per heavy atom. The minimum Gasteiger partial charge on any atom is -0.308 e. The summed E-state index contributed by atoms with van der Waals surface area (Å²) in [6.45, 7) is 1.19. The summed E-state index contributed by atoms with van der Waals surface area (Å²) < 4.78 is 15.8. The van der Waals surface area contributed by atoms with Gasteiger partial charge < -0.3 is 4.57 Å². The van der Waals surface area contributed by atoms with Crippen molar-refractivity contribution in [2.24, 2.45) is 0 Å². The molecule has 0 spiro atoms. The lowest BCUT2D eigenvalue weighted by Gasteiger charge is -2.14. The molecule has 21 heavy (non-hydrogen) atoms. The number of amides is 1. The molecule has 0 atom stereocenters. The molecule has 0 unspecified atom stereocenters. The van der Waals surface area contributed by atoms with E-state index in [1.807, 2.05) is 28.8 Å². The highest BCUT2D eigenvalue weighted by molar-refractivity contribution is 6.06. The zero-order valence-electron chi connectivity index (χ0n) is 11.2. The van der Waals surface area contributed by atoms with Gasteiger partial charge in [0.25, 0.3) is 5.91 Å². The number of para-hydroxylation sites is 2. The molecule has 2 aromatic carbocycles. The van der Waals surface area contributed by atoms with Crippen molar-refractivity contribution >= 4 is 22.9 Å². The summed E-state index contributed by atoms with van der Waals surface area (Å²) in [4.78, 5) is 18.6. The van der Waals surface area contributed by atoms with Gasteiger partial charge in [-0.25, -0.2) is 9.37 Å². The van der Waals surface area contributed by atoms with Gasteiger partial charge in [0.2, 0.25) is 5.95 Å². The van der Waals surface area contributed by atoms with E-state index in [2.05, 4.69) is 4.98 Å². The van der Waals surface area contributed by atoms with E-state index in [1.54, 1.807) is 17.0 Å². The van der Waals surface area contributed by atoms with Crippen molar-refractivity contribution < 1.29 is 9.18 Å². The first-order valence-corrected chi connectivity index (χ1v) is 6.77. The van der Waals surface area contributed by atoms with Crippen molar-refractivity contribution in [3.8, 4) is 0 Å². The molecule has 1 aliphatic rings. The second-order valence-corrected chi connectivity index (χ2v) is 4.99. The van der Waals surface area contributed by atoms with Gasteiger partial charge in [0, 0.05) is 13.1 Å². The van der Waals surface area contributed by atoms with Crippen molar-refractivity contribution in [1.82, 2.24) is 9.55 Å². The first kappa shape index (κ1) is 12.1. The van der Waals surface area contributed by atoms with E-state index in [0.29, 0.717) is 19.0 Å². The predicted octanol–water partition coefficient (Wildman–Crippen LogP) is 2.84. The number of aromatic nitrogens is 2. The number of anilines is 1. The Labute approximate surface area is 120 Å². The molecule has 104 valence electrons. The SMILES string of the molecule is O=C(c1ccccc1F)N1CCn2c1nc1ccccc12. The van der Waals surface area contributed by atoms with Crippen molar-refractivity contribution in [3.63, 3.8) is 0 Å². The van der Waals surface area contributed by atoms with E-state index in [1.165, 1.54) is 12.1 Å². The number of nitrogens with zero attached hydrogens (tertiary/aromatic N) is 3. The molecule has 4 nitrogen and oxygen atoms in total. The summed E-state index contributed by atoms with van der Waals surface area (Å²) in [7, 11) is 0. The van der Waals surface area contributed by atoms with Crippen molar-refractivity contribution in [3.05, 3.63) is 59.9 Å². The van der Waals surface area contributed by atoms with Crippen LogP contribution in [0.2, 0.25) is 0 Å². The lowest BCUT2D eigenvalue weighted by atomic mass is 10.2. The third-order valence-corrected chi connectivity index (χ3v) is 3.77. The Morgan fingerprint density at radius 1 is 1.05 bits per heavy atom. The topological polar surface area (TPSA) is 38.1 Å². The molecule has 3 aromatic rings. The first-order valence-electron chi connectivity index (χ1n) is 6.77. The molecule has 0 radical (unpaired) electrons. The molecule has 0 bridgehead atoms. The van der Waals surface area contributed by atoms with Crippen LogP contribution in [0.4, 0.5) is 10.3 Å². The largest absolute Gasteiger partial charge is 0.308 e. The summed E-state index contributed by atoms with van der Waals surface area (Å²) in [5, 5.41) is 0. The number of carbonyl (C=O) groups is 1. The molecule has 5 heteroatoms. The van der Waals surface area contributed by atoms with Gasteiger partial charge in [-0.1, -0.05) is 24.3 Å². The first-order chi connectivity index (χ1) is 10.3. The maximum Gasteiger partial charge on any atom is 0.263 e. The van der Waals surface area contributed by atoms with E-state index in [9.17, 15) is 9.18 Å². The van der Waals surface area contributed by atoms with Gasteiger partial charge in [-0.15, -0.1) is 0 Å². The summed E-state index contributed by atoms with van der Waals surface area (Å²) in [6, 6.07) is 13.8. The fraction of sp³-hybridized carbons (Fsp3) is 0.125. The van der Waals surface area contributed by atoms with Crippen LogP contribution in [-0.2, 0) is 6.54 Å². The third kappa shape index (κ3) is 1.74. The maximum atomic E-state index is 13.8. The van der Waals surface area contributed by atoms with Crippen molar-refractivity contribution in [2.45, 2.75) is 6.54 Å². The van der Waals surface area contributed by atoms with Crippen LogP contribution in [0.15, 0.2) is 48.5 Å². The molecule has 0 N–H and O–H groups in total. The van der Waals surface area contributed by atoms with Crippen LogP contribution < -0.4 is 4.90 Å². The number of imidazole rings is 1. The number of halogens is 1. The minimum absolute atomic E-state index is 0.0815. The second-order valence-electron chi connectivity index (χ2n) is 4.99. The fourth-order valence-electron chi connectivity index (χ4n) is 2.76. The monoisotopic (exact) mass is 281 g/mol. The van der Waals surface area contributed by atoms with E-state index in [4.69, 9.17) is 0 Å². The third-order valence-electron chi connectivity index (χ3n) is 3.77. The Morgan fingerprint density at radius 2 is 1.81 bits per heavy atom. The van der Waals surface area contributed by atoms with Crippen molar-refractivity contribution in [1.29, 1.82) is 0 Å². The average Bonchev–Trinajstić information content (AvgIpc) is 3.06. The van der Waals surface area contributed by atoms with E-state index < -0.39 is 5.82 Å². The van der Waals surface area contributed by atoms with Gasteiger partial charge in [0.1, 0.15) is 5.82 Å². The number of benzene rings is 2. The molecular weight excluding hydrogens is 269 g/mol. The highest BCUT2D eigenvalue weighted by atomic mass is 19.1. The van der Waals surface area contributed by atoms with Crippen LogP contribution in [0, 0.1) is 5.82 Å². The predicted molar refractivity (Wildman–Crippen MR) is 77.8 cm³/mol. The van der Waals surface area contributed by atoms with Crippen LogP contribution in [0.3, 0.4) is 0 Å². The molecule has 0 saturated carbocycles. The van der Waals surface area contributed by atoms with Gasteiger partial charge in [-0.3, -0.25) is 9.69 Å². The molecule has 2 heterocycles. The number of rotatable bonds is 1. The molecule has 0 fully saturated rings. The molecule has 0 saturated heterocycles. The van der Waals surface area contributed by atoms with Gasteiger partial charge in [0.15, 0.2) is 0 Å². The normalized spacial score (nSPS) is 13.7. The second kappa shape index (κ2) is 4.41. The molecule has 0 aliphatic carbocycles. The van der Waals surface area contributed by atoms with E-state index in [-0.39, 0.29) is 11.5 Å². The zero-order valence-corrected chi connectivity index (χ0v) is 11.2. The Kier molecular flexibility index (Phi) is 2.54. The highest BCUT2D eigenvalue weighted by Crippen LogP contribution is 2.28. The fourth-order valence-corrected chi connectivity index (χ4v) is 2.76. The van der Waals surface area contributed by atoms with Crippen LogP contribution in [0.1, 0.15) is 10.4 Å². The molecule has 1 aromatic heterocycles. The summed E-state index contributed by atoms with van der Waals surface area (Å²) in [5.74, 6) is -0.260. The lowest BCUT2D eigenvalue weighted by Crippen LogP contribution is -2.30. The van der Waals surface area contributed by atoms with Gasteiger partial charge >= 0.3 is 0 Å². The van der Waals surface area contributed by atoms with Crippen LogP contribution in [-0.4, -0.2) is 22.0 Å². The lowest BCUT2D eigenvalue weighted by molar-refractivity contribution is 0.0985. The molecular formula is C16H12FN3O. The standard InChI is InChI=1S/C16H12FN3O/c17-12-6-2-1-5-11(12)15(21)20-10-9-19-14-8-4-3-7-13(14)18-16(19)20/h1-8H,9-10H2. The van der Waals surface area contributed by atoms with Crippen LogP contribution in [0.25, 0.3) is 11.0 Å². The van der Waals surface area contributed by atoms with Gasteiger partial charge in [-0.2, -0.15) is 0 Å².